The fourth-order valence-corrected chi connectivity index (χ4v) is 2.51. The number of aliphatic hydroxyl groups is 1. The van der Waals surface area contributed by atoms with E-state index >= 15 is 0 Å². The van der Waals surface area contributed by atoms with E-state index in [1.807, 2.05) is 19.9 Å². The zero-order chi connectivity index (χ0) is 12.4. The van der Waals surface area contributed by atoms with Crippen molar-refractivity contribution in [3.05, 3.63) is 23.0 Å². The Morgan fingerprint density at radius 2 is 2.35 bits per heavy atom. The zero-order valence-electron chi connectivity index (χ0n) is 10.5. The predicted molar refractivity (Wildman–Crippen MR) is 66.2 cm³/mol. The summed E-state index contributed by atoms with van der Waals surface area (Å²) in [5.41, 5.74) is 2.78. The molecule has 0 aliphatic carbocycles. The summed E-state index contributed by atoms with van der Waals surface area (Å²) < 4.78 is 0. The lowest BCUT2D eigenvalue weighted by Gasteiger charge is -2.14. The molecule has 0 amide bonds. The van der Waals surface area contributed by atoms with Crippen LogP contribution in [0.25, 0.3) is 0 Å². The number of H-pyrrole nitrogens is 1. The van der Waals surface area contributed by atoms with Crippen molar-refractivity contribution in [3.8, 4) is 0 Å². The predicted octanol–water partition coefficient (Wildman–Crippen LogP) is 1.13. The molecule has 2 N–H and O–H groups in total. The van der Waals surface area contributed by atoms with Crippen molar-refractivity contribution >= 4 is 5.78 Å². The Morgan fingerprint density at radius 1 is 1.59 bits per heavy atom. The van der Waals surface area contributed by atoms with Gasteiger partial charge in [0, 0.05) is 30.1 Å². The van der Waals surface area contributed by atoms with E-state index in [9.17, 15) is 4.79 Å². The second kappa shape index (κ2) is 5.02. The topological polar surface area (TPSA) is 56.3 Å². The van der Waals surface area contributed by atoms with Gasteiger partial charge in [0.1, 0.15) is 0 Å². The lowest BCUT2D eigenvalue weighted by atomic mass is 10.1. The second-order valence-electron chi connectivity index (χ2n) is 4.99. The van der Waals surface area contributed by atoms with Gasteiger partial charge in [-0.15, -0.1) is 0 Å². The summed E-state index contributed by atoms with van der Waals surface area (Å²) in [6.07, 6.45) is 0.995. The fraction of sp³-hybridized carbons (Fsp3) is 0.615. The third-order valence-electron chi connectivity index (χ3n) is 3.45. The molecule has 2 heterocycles. The van der Waals surface area contributed by atoms with Gasteiger partial charge in [0.05, 0.1) is 6.54 Å². The molecule has 1 unspecified atom stereocenters. The van der Waals surface area contributed by atoms with Crippen molar-refractivity contribution in [1.82, 2.24) is 9.88 Å². The maximum absolute atomic E-state index is 12.1. The molecule has 1 aromatic heterocycles. The van der Waals surface area contributed by atoms with E-state index < -0.39 is 0 Å². The Balaban J connectivity index is 1.96. The number of ketones is 1. The van der Waals surface area contributed by atoms with Crippen LogP contribution in [0.1, 0.15) is 28.2 Å². The van der Waals surface area contributed by atoms with Crippen LogP contribution in [0.15, 0.2) is 6.07 Å². The van der Waals surface area contributed by atoms with Gasteiger partial charge in [-0.25, -0.2) is 0 Å². The summed E-state index contributed by atoms with van der Waals surface area (Å²) in [7, 11) is 0. The maximum atomic E-state index is 12.1. The van der Waals surface area contributed by atoms with Gasteiger partial charge in [0.2, 0.25) is 0 Å². The first-order valence-corrected chi connectivity index (χ1v) is 6.12. The average Bonchev–Trinajstić information content (AvgIpc) is 2.85. The molecule has 2 rings (SSSR count). The molecular weight excluding hydrogens is 216 g/mol. The van der Waals surface area contributed by atoms with E-state index in [4.69, 9.17) is 5.11 Å². The first-order valence-electron chi connectivity index (χ1n) is 6.12. The Bertz CT molecular complexity index is 412. The average molecular weight is 236 g/mol. The van der Waals surface area contributed by atoms with Crippen LogP contribution in [0, 0.1) is 19.8 Å². The Kier molecular flexibility index (Phi) is 3.64. The van der Waals surface area contributed by atoms with E-state index in [0.29, 0.717) is 12.5 Å². The number of nitrogens with one attached hydrogen (secondary N) is 1. The van der Waals surface area contributed by atoms with Gasteiger partial charge in [0.25, 0.3) is 0 Å². The number of aromatic amines is 1. The molecule has 0 radical (unpaired) electrons. The van der Waals surface area contributed by atoms with Crippen molar-refractivity contribution in [3.63, 3.8) is 0 Å². The highest BCUT2D eigenvalue weighted by Gasteiger charge is 2.24. The van der Waals surface area contributed by atoms with Gasteiger partial charge >= 0.3 is 0 Å². The van der Waals surface area contributed by atoms with Gasteiger partial charge in [0.15, 0.2) is 5.78 Å². The van der Waals surface area contributed by atoms with Crippen molar-refractivity contribution in [1.29, 1.82) is 0 Å². The monoisotopic (exact) mass is 236 g/mol. The summed E-state index contributed by atoms with van der Waals surface area (Å²) in [6.45, 7) is 6.34. The smallest absolute Gasteiger partial charge is 0.178 e. The molecule has 1 saturated heterocycles. The van der Waals surface area contributed by atoms with Crippen LogP contribution in [-0.4, -0.2) is 47.0 Å². The maximum Gasteiger partial charge on any atom is 0.178 e. The lowest BCUT2D eigenvalue weighted by molar-refractivity contribution is 0.0940. The van der Waals surface area contributed by atoms with Crippen LogP contribution in [0.5, 0.6) is 0 Å². The minimum absolute atomic E-state index is 0.172. The normalized spacial score (nSPS) is 21.0. The number of carbonyl (C=O) groups excluding carboxylic acids is 1. The molecule has 1 aliphatic heterocycles. The molecule has 1 aliphatic rings. The summed E-state index contributed by atoms with van der Waals surface area (Å²) in [5, 5.41) is 9.07. The molecule has 0 saturated carbocycles. The molecule has 1 aromatic rings. The third-order valence-corrected chi connectivity index (χ3v) is 3.45. The highest BCUT2D eigenvalue weighted by molar-refractivity contribution is 5.98. The Morgan fingerprint density at radius 3 is 2.88 bits per heavy atom. The molecule has 1 fully saturated rings. The number of hydrogen-bond acceptors (Lipinski definition) is 3. The van der Waals surface area contributed by atoms with Gasteiger partial charge in [-0.3, -0.25) is 9.69 Å². The summed E-state index contributed by atoms with van der Waals surface area (Å²) in [4.78, 5) is 17.4. The molecule has 94 valence electrons. The quantitative estimate of drug-likeness (QED) is 0.770. The van der Waals surface area contributed by atoms with Crippen molar-refractivity contribution in [2.75, 3.05) is 26.2 Å². The number of Topliss-reactive ketones (excluding diaryl/α,β-unsaturated/α-hetero) is 1. The fourth-order valence-electron chi connectivity index (χ4n) is 2.51. The standard InChI is InChI=1S/C13H20N2O2/c1-9-5-12(10(2)14-9)13(17)7-15-4-3-11(6-15)8-16/h5,11,14,16H,3-4,6-8H2,1-2H3. The number of likely N-dealkylation sites (tertiary alicyclic amines) is 1. The first kappa shape index (κ1) is 12.3. The minimum Gasteiger partial charge on any atom is -0.396 e. The largest absolute Gasteiger partial charge is 0.396 e. The first-order chi connectivity index (χ1) is 8.10. The number of rotatable bonds is 4. The van der Waals surface area contributed by atoms with Crippen molar-refractivity contribution in [2.24, 2.45) is 5.92 Å². The zero-order valence-corrected chi connectivity index (χ0v) is 10.5. The van der Waals surface area contributed by atoms with Gasteiger partial charge < -0.3 is 10.1 Å². The number of nitrogens with zero attached hydrogens (tertiary/aromatic N) is 1. The number of aliphatic hydroxyl groups excluding tert-OH is 1. The van der Waals surface area contributed by atoms with Gasteiger partial charge in [-0.1, -0.05) is 0 Å². The summed E-state index contributed by atoms with van der Waals surface area (Å²) in [5.74, 6) is 0.516. The van der Waals surface area contributed by atoms with Gasteiger partial charge in [-0.2, -0.15) is 0 Å². The highest BCUT2D eigenvalue weighted by atomic mass is 16.3. The molecule has 4 heteroatoms. The Hall–Kier alpha value is -1.13. The summed E-state index contributed by atoms with van der Waals surface area (Å²) in [6, 6.07) is 1.91. The number of aromatic nitrogens is 1. The SMILES string of the molecule is Cc1cc(C(=O)CN2CCC(CO)C2)c(C)[nH]1. The molecule has 1 atom stereocenters. The second-order valence-corrected chi connectivity index (χ2v) is 4.99. The number of hydrogen-bond donors (Lipinski definition) is 2. The van der Waals surface area contributed by atoms with E-state index in [-0.39, 0.29) is 12.4 Å². The third kappa shape index (κ3) is 2.76. The lowest BCUT2D eigenvalue weighted by Crippen LogP contribution is -2.28. The number of aryl methyl sites for hydroxylation is 2. The van der Waals surface area contributed by atoms with Crippen LogP contribution >= 0.6 is 0 Å². The van der Waals surface area contributed by atoms with Crippen LogP contribution in [0.3, 0.4) is 0 Å². The van der Waals surface area contributed by atoms with Crippen molar-refractivity contribution < 1.29 is 9.90 Å². The van der Waals surface area contributed by atoms with Crippen LogP contribution < -0.4 is 0 Å². The van der Waals surface area contributed by atoms with Crippen molar-refractivity contribution in [2.45, 2.75) is 20.3 Å². The molecular formula is C13H20N2O2. The highest BCUT2D eigenvalue weighted by Crippen LogP contribution is 2.17. The molecule has 17 heavy (non-hydrogen) atoms. The van der Waals surface area contributed by atoms with E-state index in [1.165, 1.54) is 0 Å². The van der Waals surface area contributed by atoms with Crippen LogP contribution in [0.2, 0.25) is 0 Å². The molecule has 0 spiro atoms. The minimum atomic E-state index is 0.172. The Labute approximate surface area is 102 Å². The molecule has 0 aromatic carbocycles. The summed E-state index contributed by atoms with van der Waals surface area (Å²) >= 11 is 0. The molecule has 0 bridgehead atoms. The number of carbonyl (C=O) groups is 1. The van der Waals surface area contributed by atoms with E-state index in [0.717, 1.165) is 36.5 Å². The van der Waals surface area contributed by atoms with Crippen LogP contribution in [-0.2, 0) is 0 Å². The molecule has 4 nitrogen and oxygen atoms in total. The van der Waals surface area contributed by atoms with Crippen LogP contribution in [0.4, 0.5) is 0 Å². The van der Waals surface area contributed by atoms with E-state index in [1.54, 1.807) is 0 Å². The van der Waals surface area contributed by atoms with Gasteiger partial charge in [-0.05, 0) is 38.8 Å². The van der Waals surface area contributed by atoms with E-state index in [2.05, 4.69) is 9.88 Å².